The van der Waals surface area contributed by atoms with Crippen molar-refractivity contribution in [3.05, 3.63) is 112 Å². The summed E-state index contributed by atoms with van der Waals surface area (Å²) >= 11 is 6.21. The highest BCUT2D eigenvalue weighted by Crippen LogP contribution is 2.27. The molecule has 0 aromatic heterocycles. The Balaban J connectivity index is 1.58. The lowest BCUT2D eigenvalue weighted by molar-refractivity contribution is -0.143. The lowest BCUT2D eigenvalue weighted by Gasteiger charge is -2.31. The fraction of sp³-hybridized carbons (Fsp3) is 0.290. The van der Waals surface area contributed by atoms with E-state index >= 15 is 0 Å². The summed E-state index contributed by atoms with van der Waals surface area (Å²) in [5, 5.41) is 3.43. The van der Waals surface area contributed by atoms with Crippen LogP contribution in [0.5, 0.6) is 5.75 Å². The molecule has 0 saturated heterocycles. The summed E-state index contributed by atoms with van der Waals surface area (Å²) in [5.74, 6) is -0.664. The van der Waals surface area contributed by atoms with Gasteiger partial charge in [-0.3, -0.25) is 9.59 Å². The molecule has 1 aliphatic rings. The van der Waals surface area contributed by atoms with Crippen LogP contribution >= 0.6 is 11.6 Å². The van der Waals surface area contributed by atoms with Gasteiger partial charge in [-0.2, -0.15) is 0 Å². The van der Waals surface area contributed by atoms with Crippen molar-refractivity contribution in [1.82, 2.24) is 10.2 Å². The summed E-state index contributed by atoms with van der Waals surface area (Å²) < 4.78 is 19.3. The van der Waals surface area contributed by atoms with Gasteiger partial charge in [0.1, 0.15) is 17.6 Å². The summed E-state index contributed by atoms with van der Waals surface area (Å²) in [5.41, 5.74) is 2.73. The normalized spacial score (nSPS) is 13.8. The SMILES string of the molecule is O=C(NCCC1=CCCCC1)[C@@H](c1ccccc1)N(Cc1ccc(F)cc1)C(=O)COc1ccccc1Cl. The summed E-state index contributed by atoms with van der Waals surface area (Å²) in [4.78, 5) is 28.8. The monoisotopic (exact) mass is 534 g/mol. The van der Waals surface area contributed by atoms with Crippen LogP contribution in [0.1, 0.15) is 49.3 Å². The second-order valence-corrected chi connectivity index (χ2v) is 9.74. The molecule has 3 aromatic rings. The number of carbonyl (C=O) groups is 2. The summed E-state index contributed by atoms with van der Waals surface area (Å²) in [7, 11) is 0. The van der Waals surface area contributed by atoms with Crippen LogP contribution in [0.2, 0.25) is 5.02 Å². The van der Waals surface area contributed by atoms with E-state index in [1.807, 2.05) is 30.3 Å². The van der Waals surface area contributed by atoms with Crippen molar-refractivity contribution in [2.45, 2.75) is 44.7 Å². The smallest absolute Gasteiger partial charge is 0.261 e. The molecule has 7 heteroatoms. The molecule has 0 spiro atoms. The predicted octanol–water partition coefficient (Wildman–Crippen LogP) is 6.63. The molecule has 198 valence electrons. The van der Waals surface area contributed by atoms with E-state index in [9.17, 15) is 14.0 Å². The van der Waals surface area contributed by atoms with Crippen LogP contribution in [0.25, 0.3) is 0 Å². The third-order valence-electron chi connectivity index (χ3n) is 6.58. The van der Waals surface area contributed by atoms with E-state index < -0.39 is 11.9 Å². The van der Waals surface area contributed by atoms with Crippen LogP contribution in [-0.4, -0.2) is 29.9 Å². The quantitative estimate of drug-likeness (QED) is 0.281. The molecule has 0 radical (unpaired) electrons. The molecule has 0 aliphatic heterocycles. The zero-order chi connectivity index (χ0) is 26.7. The first kappa shape index (κ1) is 27.4. The highest BCUT2D eigenvalue weighted by atomic mass is 35.5. The first-order valence-electron chi connectivity index (χ1n) is 12.9. The molecule has 3 aromatic carbocycles. The van der Waals surface area contributed by atoms with Crippen LogP contribution in [0.3, 0.4) is 0 Å². The Bertz CT molecular complexity index is 1250. The Morgan fingerprint density at radius 1 is 0.974 bits per heavy atom. The number of rotatable bonds is 11. The molecule has 1 N–H and O–H groups in total. The van der Waals surface area contributed by atoms with Gasteiger partial charge in [0.15, 0.2) is 6.61 Å². The zero-order valence-electron chi connectivity index (χ0n) is 21.2. The number of para-hydroxylation sites is 1. The van der Waals surface area contributed by atoms with Gasteiger partial charge in [0.05, 0.1) is 5.02 Å². The number of carbonyl (C=O) groups excluding carboxylic acids is 2. The van der Waals surface area contributed by atoms with E-state index in [0.717, 1.165) is 19.3 Å². The van der Waals surface area contributed by atoms with Crippen LogP contribution in [0.15, 0.2) is 90.5 Å². The number of benzene rings is 3. The van der Waals surface area contributed by atoms with E-state index in [4.69, 9.17) is 16.3 Å². The molecule has 0 fully saturated rings. The lowest BCUT2D eigenvalue weighted by Crippen LogP contribution is -2.45. The summed E-state index contributed by atoms with van der Waals surface area (Å²) in [6.45, 7) is 0.278. The molecule has 1 aliphatic carbocycles. The summed E-state index contributed by atoms with van der Waals surface area (Å²) in [6.07, 6.45) is 7.59. The van der Waals surface area contributed by atoms with E-state index in [-0.39, 0.29) is 24.9 Å². The second kappa shape index (κ2) is 13.8. The van der Waals surface area contributed by atoms with E-state index in [0.29, 0.717) is 28.4 Å². The van der Waals surface area contributed by atoms with Crippen molar-refractivity contribution in [2.75, 3.05) is 13.2 Å². The number of hydrogen-bond acceptors (Lipinski definition) is 3. The number of halogens is 2. The Morgan fingerprint density at radius 2 is 1.71 bits per heavy atom. The standard InChI is InChI=1S/C31H32ClFN2O3/c32-27-13-7-8-14-28(27)38-22-29(36)35(21-24-15-17-26(33)18-16-24)30(25-11-5-2-6-12-25)31(37)34-20-19-23-9-3-1-4-10-23/h2,5-9,11-18,30H,1,3-4,10,19-22H2,(H,34,37)/t30-/m1/s1. The van der Waals surface area contributed by atoms with E-state index in [1.54, 1.807) is 36.4 Å². The number of nitrogens with zero attached hydrogens (tertiary/aromatic N) is 1. The Morgan fingerprint density at radius 3 is 2.42 bits per heavy atom. The van der Waals surface area contributed by atoms with Crippen molar-refractivity contribution in [1.29, 1.82) is 0 Å². The van der Waals surface area contributed by atoms with Gasteiger partial charge in [-0.25, -0.2) is 4.39 Å². The van der Waals surface area contributed by atoms with Crippen molar-refractivity contribution in [3.8, 4) is 5.75 Å². The molecular weight excluding hydrogens is 503 g/mol. The maximum Gasteiger partial charge on any atom is 0.261 e. The average Bonchev–Trinajstić information content (AvgIpc) is 2.94. The van der Waals surface area contributed by atoms with Gasteiger partial charge in [-0.05, 0) is 67.5 Å². The second-order valence-electron chi connectivity index (χ2n) is 9.33. The van der Waals surface area contributed by atoms with Gasteiger partial charge in [0.25, 0.3) is 5.91 Å². The number of nitrogens with one attached hydrogen (secondary N) is 1. The third-order valence-corrected chi connectivity index (χ3v) is 6.89. The fourth-order valence-corrected chi connectivity index (χ4v) is 4.77. The molecule has 38 heavy (non-hydrogen) atoms. The van der Waals surface area contributed by atoms with E-state index in [2.05, 4.69) is 11.4 Å². The maximum atomic E-state index is 13.7. The van der Waals surface area contributed by atoms with Gasteiger partial charge in [-0.15, -0.1) is 0 Å². The summed E-state index contributed by atoms with van der Waals surface area (Å²) in [6, 6.07) is 21.1. The minimum Gasteiger partial charge on any atom is -0.482 e. The first-order chi connectivity index (χ1) is 18.5. The molecule has 5 nitrogen and oxygen atoms in total. The van der Waals surface area contributed by atoms with Crippen molar-refractivity contribution >= 4 is 23.4 Å². The zero-order valence-corrected chi connectivity index (χ0v) is 22.0. The first-order valence-corrected chi connectivity index (χ1v) is 13.3. The maximum absolute atomic E-state index is 13.7. The van der Waals surface area contributed by atoms with Crippen LogP contribution < -0.4 is 10.1 Å². The van der Waals surface area contributed by atoms with Gasteiger partial charge >= 0.3 is 0 Å². The number of ether oxygens (including phenoxy) is 1. The number of hydrogen-bond donors (Lipinski definition) is 1. The minimum absolute atomic E-state index is 0.100. The fourth-order valence-electron chi connectivity index (χ4n) is 4.58. The highest BCUT2D eigenvalue weighted by molar-refractivity contribution is 6.32. The molecule has 0 unspecified atom stereocenters. The molecule has 0 saturated carbocycles. The molecule has 1 atom stereocenters. The lowest BCUT2D eigenvalue weighted by atomic mass is 9.97. The van der Waals surface area contributed by atoms with Crippen LogP contribution in [0, 0.1) is 5.82 Å². The van der Waals surface area contributed by atoms with E-state index in [1.165, 1.54) is 35.4 Å². The highest BCUT2D eigenvalue weighted by Gasteiger charge is 2.32. The average molecular weight is 535 g/mol. The Hall–Kier alpha value is -3.64. The number of amides is 2. The predicted molar refractivity (Wildman–Crippen MR) is 147 cm³/mol. The molecule has 2 amide bonds. The molecular formula is C31H32ClFN2O3. The number of allylic oxidation sites excluding steroid dienone is 1. The molecule has 4 rings (SSSR count). The van der Waals surface area contributed by atoms with Crippen molar-refractivity contribution in [3.63, 3.8) is 0 Å². The third kappa shape index (κ3) is 7.68. The molecule has 0 heterocycles. The Kier molecular flexibility index (Phi) is 9.93. The molecule has 0 bridgehead atoms. The van der Waals surface area contributed by atoms with Crippen molar-refractivity contribution in [2.24, 2.45) is 0 Å². The Labute approximate surface area is 228 Å². The topological polar surface area (TPSA) is 58.6 Å². The van der Waals surface area contributed by atoms with Crippen LogP contribution in [-0.2, 0) is 16.1 Å². The largest absolute Gasteiger partial charge is 0.482 e. The van der Waals surface area contributed by atoms with Gasteiger partial charge in [-0.1, -0.05) is 77.8 Å². The minimum atomic E-state index is -0.899. The van der Waals surface area contributed by atoms with Crippen LogP contribution in [0.4, 0.5) is 4.39 Å². The van der Waals surface area contributed by atoms with Gasteiger partial charge < -0.3 is 15.0 Å². The van der Waals surface area contributed by atoms with Crippen molar-refractivity contribution < 1.29 is 18.7 Å². The van der Waals surface area contributed by atoms with Gasteiger partial charge in [0.2, 0.25) is 5.91 Å². The van der Waals surface area contributed by atoms with Gasteiger partial charge in [0, 0.05) is 13.1 Å².